The molecule has 0 aliphatic rings. The highest BCUT2D eigenvalue weighted by molar-refractivity contribution is 5.74. The van der Waals surface area contributed by atoms with Crippen LogP contribution in [0.2, 0.25) is 0 Å². The lowest BCUT2D eigenvalue weighted by Crippen LogP contribution is -2.31. The molecule has 0 rings (SSSR count). The van der Waals surface area contributed by atoms with Crippen molar-refractivity contribution < 1.29 is 59.6 Å². The number of carbonyl (C=O) groups is 3. The molecular weight excluding hydrogens is 396 g/mol. The van der Waals surface area contributed by atoms with Gasteiger partial charge in [0.05, 0.1) is 19.3 Å². The Kier molecular flexibility index (Phi) is 22.9. The predicted molar refractivity (Wildman–Crippen MR) is 98.6 cm³/mol. The zero-order chi connectivity index (χ0) is 23.4. The molecule has 0 aromatic rings. The Labute approximate surface area is 169 Å². The summed E-state index contributed by atoms with van der Waals surface area (Å²) in [6, 6.07) is 0. The largest absolute Gasteiger partial charge is 0.479 e. The molecule has 0 heterocycles. The molecule has 0 aliphatic heterocycles. The Morgan fingerprint density at radius 1 is 0.966 bits per heavy atom. The van der Waals surface area contributed by atoms with E-state index in [9.17, 15) is 14.4 Å². The van der Waals surface area contributed by atoms with Crippen LogP contribution in [0.15, 0.2) is 0 Å². The number of aliphatic hydroxyl groups is 6. The Balaban J connectivity index is -0.000000407. The molecule has 0 bridgehead atoms. The van der Waals surface area contributed by atoms with Gasteiger partial charge in [0.15, 0.2) is 12.2 Å². The highest BCUT2D eigenvalue weighted by Gasteiger charge is 2.17. The van der Waals surface area contributed by atoms with E-state index in [0.717, 1.165) is 12.8 Å². The predicted octanol–water partition coefficient (Wildman–Crippen LogP) is -2.21. The fraction of sp³-hybridized carbons (Fsp3) is 0.824. The second kappa shape index (κ2) is 20.9. The Morgan fingerprint density at radius 3 is 1.79 bits per heavy atom. The third-order valence-electron chi connectivity index (χ3n) is 2.76. The summed E-state index contributed by atoms with van der Waals surface area (Å²) in [6.45, 7) is 2.83. The normalized spacial score (nSPS) is 14.0. The average Bonchev–Trinajstić information content (AvgIpc) is 2.69. The number of hydrogen-bond acceptors (Lipinski definition) is 11. The molecule has 0 saturated carbocycles. The molecule has 0 aliphatic carbocycles. The van der Waals surface area contributed by atoms with Crippen molar-refractivity contribution in [1.29, 1.82) is 0 Å². The summed E-state index contributed by atoms with van der Waals surface area (Å²) in [5.41, 5.74) is 0. The van der Waals surface area contributed by atoms with Crippen molar-refractivity contribution in [3.63, 3.8) is 0 Å². The number of carboxylic acid groups (broad SMARTS) is 1. The van der Waals surface area contributed by atoms with Gasteiger partial charge in [-0.3, -0.25) is 0 Å². The van der Waals surface area contributed by atoms with Crippen LogP contribution in [-0.4, -0.2) is 104 Å². The van der Waals surface area contributed by atoms with Crippen LogP contribution in [0, 0.1) is 0 Å². The topological polar surface area (TPSA) is 211 Å². The van der Waals surface area contributed by atoms with Crippen molar-refractivity contribution in [3.8, 4) is 0 Å². The maximum atomic E-state index is 10.8. The summed E-state index contributed by atoms with van der Waals surface area (Å²) in [4.78, 5) is 31.3. The standard InChI is InChI=1S/C8H14O7.C6H12O3.C3H8O2/c1-5(11)8(13)14-4-6(2-9)15-7(12)3-10;1-2-3-4-5(7)6(8)9;1-3(5)2-4/h5-6,9-11H,2-4H2,1H3;5,7H,2-4H2,1H3,(H,8,9);3-5H,2H2,1H3. The Bertz CT molecular complexity index is 425. The van der Waals surface area contributed by atoms with E-state index < -0.39 is 55.5 Å². The molecule has 4 atom stereocenters. The summed E-state index contributed by atoms with van der Waals surface area (Å²) in [6.07, 6.45) is -1.98. The van der Waals surface area contributed by atoms with Crippen LogP contribution in [0.5, 0.6) is 0 Å². The quantitative estimate of drug-likeness (QED) is 0.174. The fourth-order valence-corrected chi connectivity index (χ4v) is 1.16. The molecule has 7 N–H and O–H groups in total. The minimum Gasteiger partial charge on any atom is -0.479 e. The maximum Gasteiger partial charge on any atom is 0.334 e. The summed E-state index contributed by atoms with van der Waals surface area (Å²) < 4.78 is 8.98. The average molecular weight is 430 g/mol. The number of rotatable bonds is 11. The lowest BCUT2D eigenvalue weighted by molar-refractivity contribution is -0.167. The van der Waals surface area contributed by atoms with E-state index in [-0.39, 0.29) is 13.2 Å². The van der Waals surface area contributed by atoms with Crippen LogP contribution in [0.3, 0.4) is 0 Å². The molecule has 0 aromatic carbocycles. The summed E-state index contributed by atoms with van der Waals surface area (Å²) in [5, 5.41) is 58.6. The van der Waals surface area contributed by atoms with Crippen molar-refractivity contribution >= 4 is 17.9 Å². The molecule has 4 unspecified atom stereocenters. The number of aliphatic hydroxyl groups excluding tert-OH is 6. The summed E-state index contributed by atoms with van der Waals surface area (Å²) in [5.74, 6) is -2.93. The summed E-state index contributed by atoms with van der Waals surface area (Å²) in [7, 11) is 0. The van der Waals surface area contributed by atoms with Crippen LogP contribution in [0.25, 0.3) is 0 Å². The molecule has 0 radical (unpaired) electrons. The SMILES string of the molecule is CC(O)C(=O)OCC(CO)OC(=O)CO.CC(O)CO.CCCCC(O)C(=O)O. The molecule has 12 nitrogen and oxygen atoms in total. The molecule has 0 amide bonds. The zero-order valence-corrected chi connectivity index (χ0v) is 16.9. The van der Waals surface area contributed by atoms with E-state index in [1.165, 1.54) is 13.8 Å². The van der Waals surface area contributed by atoms with Gasteiger partial charge in [-0.1, -0.05) is 19.8 Å². The summed E-state index contributed by atoms with van der Waals surface area (Å²) >= 11 is 0. The first-order chi connectivity index (χ1) is 13.5. The van der Waals surface area contributed by atoms with Gasteiger partial charge in [-0.05, 0) is 20.3 Å². The maximum absolute atomic E-state index is 10.8. The van der Waals surface area contributed by atoms with Crippen LogP contribution >= 0.6 is 0 Å². The van der Waals surface area contributed by atoms with Gasteiger partial charge in [0.2, 0.25) is 0 Å². The molecule has 0 fully saturated rings. The minimum absolute atomic E-state index is 0.139. The fourth-order valence-electron chi connectivity index (χ4n) is 1.16. The van der Waals surface area contributed by atoms with E-state index >= 15 is 0 Å². The third kappa shape index (κ3) is 24.1. The first-order valence-electron chi connectivity index (χ1n) is 8.92. The number of carboxylic acids is 1. The van der Waals surface area contributed by atoms with Gasteiger partial charge in [-0.25, -0.2) is 14.4 Å². The van der Waals surface area contributed by atoms with Gasteiger partial charge in [0.25, 0.3) is 0 Å². The second-order valence-electron chi connectivity index (χ2n) is 5.79. The van der Waals surface area contributed by atoms with Crippen molar-refractivity contribution in [3.05, 3.63) is 0 Å². The third-order valence-corrected chi connectivity index (χ3v) is 2.76. The highest BCUT2D eigenvalue weighted by Crippen LogP contribution is 1.99. The smallest absolute Gasteiger partial charge is 0.334 e. The van der Waals surface area contributed by atoms with E-state index in [0.29, 0.717) is 6.42 Å². The monoisotopic (exact) mass is 430 g/mol. The van der Waals surface area contributed by atoms with E-state index in [1.54, 1.807) is 0 Å². The van der Waals surface area contributed by atoms with Crippen LogP contribution < -0.4 is 0 Å². The lowest BCUT2D eigenvalue weighted by atomic mass is 10.2. The van der Waals surface area contributed by atoms with Gasteiger partial charge < -0.3 is 45.2 Å². The van der Waals surface area contributed by atoms with Gasteiger partial charge in [-0.2, -0.15) is 0 Å². The van der Waals surface area contributed by atoms with Gasteiger partial charge >= 0.3 is 17.9 Å². The zero-order valence-electron chi connectivity index (χ0n) is 16.9. The lowest BCUT2D eigenvalue weighted by Gasteiger charge is -2.15. The molecule has 0 spiro atoms. The van der Waals surface area contributed by atoms with Crippen molar-refractivity contribution in [2.45, 2.75) is 64.4 Å². The highest BCUT2D eigenvalue weighted by atomic mass is 16.6. The van der Waals surface area contributed by atoms with Gasteiger partial charge in [0, 0.05) is 0 Å². The molecule has 0 saturated heterocycles. The molecule has 0 aromatic heterocycles. The molecule has 12 heteroatoms. The van der Waals surface area contributed by atoms with Gasteiger partial charge in [0.1, 0.15) is 19.3 Å². The first-order valence-corrected chi connectivity index (χ1v) is 8.92. The Morgan fingerprint density at radius 2 is 1.48 bits per heavy atom. The number of unbranched alkanes of at least 4 members (excludes halogenated alkanes) is 1. The van der Waals surface area contributed by atoms with Crippen molar-refractivity contribution in [2.24, 2.45) is 0 Å². The van der Waals surface area contributed by atoms with Crippen LogP contribution in [0.1, 0.15) is 40.0 Å². The minimum atomic E-state index is -1.28. The Hall–Kier alpha value is -1.83. The van der Waals surface area contributed by atoms with Crippen molar-refractivity contribution in [2.75, 3.05) is 26.4 Å². The molecule has 29 heavy (non-hydrogen) atoms. The number of aliphatic carboxylic acids is 1. The molecular formula is C17H34O12. The van der Waals surface area contributed by atoms with Crippen LogP contribution in [-0.2, 0) is 23.9 Å². The van der Waals surface area contributed by atoms with Crippen molar-refractivity contribution in [1.82, 2.24) is 0 Å². The second-order valence-corrected chi connectivity index (χ2v) is 5.79. The number of esters is 2. The van der Waals surface area contributed by atoms with Crippen LogP contribution in [0.4, 0.5) is 0 Å². The first kappa shape index (κ1) is 31.9. The molecule has 174 valence electrons. The number of carbonyl (C=O) groups excluding carboxylic acids is 2. The van der Waals surface area contributed by atoms with Gasteiger partial charge in [-0.15, -0.1) is 0 Å². The van der Waals surface area contributed by atoms with E-state index in [1.807, 2.05) is 6.92 Å². The van der Waals surface area contributed by atoms with E-state index in [2.05, 4.69) is 9.47 Å². The van der Waals surface area contributed by atoms with E-state index in [4.69, 9.17) is 35.7 Å². The number of ether oxygens (including phenoxy) is 2. The number of hydrogen-bond donors (Lipinski definition) is 7.